The van der Waals surface area contributed by atoms with E-state index in [4.69, 9.17) is 27.9 Å². The van der Waals surface area contributed by atoms with Crippen molar-refractivity contribution >= 4 is 56.4 Å². The minimum Gasteiger partial charge on any atom is -0.497 e. The van der Waals surface area contributed by atoms with Crippen LogP contribution in [-0.2, 0) is 32.6 Å². The number of nitrogens with one attached hydrogen (secondary N) is 1. The summed E-state index contributed by atoms with van der Waals surface area (Å²) in [4.78, 5) is 40.1. The van der Waals surface area contributed by atoms with Gasteiger partial charge in [-0.15, -0.1) is 0 Å². The Labute approximate surface area is 289 Å². The number of benzene rings is 4. The minimum absolute atomic E-state index is 0.0921. The average molecular weight is 714 g/mol. The molecule has 1 atom stereocenters. The molecular formula is C34H34Cl2N4O7S. The molecule has 1 unspecified atom stereocenters. The monoisotopic (exact) mass is 712 g/mol. The highest BCUT2D eigenvalue weighted by Gasteiger charge is 2.35. The number of carbonyl (C=O) groups is 2. The highest BCUT2D eigenvalue weighted by molar-refractivity contribution is 7.92. The van der Waals surface area contributed by atoms with E-state index in [1.165, 1.54) is 61.4 Å². The standard InChI is InChI=1S/C34H34Cl2N4O7S/c1-4-37-34(42)32(18-24-8-6-5-7-9-24)38(21-25-11-12-26(35)19-30(25)36)33(41)22-39(27-13-15-28(47-3)16-14-27)48(45,46)29-17-10-23(2)31(20-29)40(43)44/h5-17,19-20,32H,4,18,21-22H2,1-3H3,(H,37,42). The van der Waals surface area contributed by atoms with Crippen LogP contribution in [0.1, 0.15) is 23.6 Å². The van der Waals surface area contributed by atoms with Gasteiger partial charge in [0.1, 0.15) is 18.3 Å². The third-order valence-corrected chi connectivity index (χ3v) is 9.94. The van der Waals surface area contributed by atoms with Crippen molar-refractivity contribution < 1.29 is 27.7 Å². The first-order chi connectivity index (χ1) is 22.8. The molecule has 0 saturated carbocycles. The molecular weight excluding hydrogens is 679 g/mol. The molecule has 252 valence electrons. The number of aryl methyl sites for hydroxylation is 1. The Morgan fingerprint density at radius 1 is 0.979 bits per heavy atom. The second-order valence-electron chi connectivity index (χ2n) is 10.8. The minimum atomic E-state index is -4.58. The zero-order chi connectivity index (χ0) is 35.0. The number of carbonyl (C=O) groups excluding carboxylic acids is 2. The predicted molar refractivity (Wildman–Crippen MR) is 185 cm³/mol. The molecule has 0 bridgehead atoms. The average Bonchev–Trinajstić information content (AvgIpc) is 3.06. The molecule has 14 heteroatoms. The fraction of sp³-hybridized carbons (Fsp3) is 0.235. The van der Waals surface area contributed by atoms with Crippen molar-refractivity contribution in [2.24, 2.45) is 0 Å². The van der Waals surface area contributed by atoms with Gasteiger partial charge in [0, 0.05) is 41.2 Å². The van der Waals surface area contributed by atoms with Gasteiger partial charge in [0.2, 0.25) is 11.8 Å². The summed E-state index contributed by atoms with van der Waals surface area (Å²) in [5.74, 6) is -0.742. The summed E-state index contributed by atoms with van der Waals surface area (Å²) in [6.45, 7) is 2.61. The van der Waals surface area contributed by atoms with Crippen molar-refractivity contribution in [3.8, 4) is 5.75 Å². The number of nitro benzene ring substituents is 1. The smallest absolute Gasteiger partial charge is 0.273 e. The van der Waals surface area contributed by atoms with Crippen LogP contribution in [0.3, 0.4) is 0 Å². The number of sulfonamides is 1. The second kappa shape index (κ2) is 16.0. The van der Waals surface area contributed by atoms with Crippen molar-refractivity contribution in [2.75, 3.05) is 24.5 Å². The van der Waals surface area contributed by atoms with Crippen LogP contribution in [0, 0.1) is 17.0 Å². The van der Waals surface area contributed by atoms with Gasteiger partial charge in [-0.2, -0.15) is 0 Å². The van der Waals surface area contributed by atoms with Crippen molar-refractivity contribution in [1.29, 1.82) is 0 Å². The molecule has 0 aliphatic heterocycles. The first-order valence-corrected chi connectivity index (χ1v) is 17.0. The lowest BCUT2D eigenvalue weighted by atomic mass is 10.0. The van der Waals surface area contributed by atoms with E-state index in [0.29, 0.717) is 16.3 Å². The number of halogens is 2. The van der Waals surface area contributed by atoms with E-state index in [-0.39, 0.29) is 40.7 Å². The van der Waals surface area contributed by atoms with E-state index in [9.17, 15) is 28.1 Å². The number of ether oxygens (including phenoxy) is 1. The Hall–Kier alpha value is -4.65. The van der Waals surface area contributed by atoms with Crippen molar-refractivity contribution in [2.45, 2.75) is 37.8 Å². The van der Waals surface area contributed by atoms with E-state index in [2.05, 4.69) is 5.32 Å². The molecule has 4 rings (SSSR count). The maximum atomic E-state index is 14.5. The number of hydrogen-bond acceptors (Lipinski definition) is 7. The van der Waals surface area contributed by atoms with Gasteiger partial charge in [0.25, 0.3) is 15.7 Å². The van der Waals surface area contributed by atoms with Crippen LogP contribution in [0.5, 0.6) is 5.75 Å². The quantitative estimate of drug-likeness (QED) is 0.122. The summed E-state index contributed by atoms with van der Waals surface area (Å²) in [5, 5.41) is 15.1. The number of likely N-dealkylation sites (N-methyl/N-ethyl adjacent to an activating group) is 1. The van der Waals surface area contributed by atoms with Crippen LogP contribution in [-0.4, -0.2) is 56.3 Å². The number of hydrogen-bond donors (Lipinski definition) is 1. The SMILES string of the molecule is CCNC(=O)C(Cc1ccccc1)N(Cc1ccc(Cl)cc1Cl)C(=O)CN(c1ccc(OC)cc1)S(=O)(=O)c1ccc(C)c([N+](=O)[O-])c1. The first-order valence-electron chi connectivity index (χ1n) is 14.8. The fourth-order valence-electron chi connectivity index (χ4n) is 5.03. The summed E-state index contributed by atoms with van der Waals surface area (Å²) in [5.41, 5.74) is 1.21. The Morgan fingerprint density at radius 2 is 1.67 bits per heavy atom. The summed E-state index contributed by atoms with van der Waals surface area (Å²) in [7, 11) is -3.13. The van der Waals surface area contributed by atoms with Gasteiger partial charge in [0.05, 0.1) is 22.6 Å². The summed E-state index contributed by atoms with van der Waals surface area (Å²) >= 11 is 12.7. The molecule has 0 aliphatic carbocycles. The van der Waals surface area contributed by atoms with Gasteiger partial charge in [-0.25, -0.2) is 8.42 Å². The molecule has 0 aliphatic rings. The molecule has 0 saturated heterocycles. The Morgan fingerprint density at radius 3 is 2.27 bits per heavy atom. The molecule has 11 nitrogen and oxygen atoms in total. The van der Waals surface area contributed by atoms with Gasteiger partial charge in [-0.3, -0.25) is 24.0 Å². The Bertz CT molecular complexity index is 1890. The molecule has 0 fully saturated rings. The molecule has 4 aromatic rings. The fourth-order valence-corrected chi connectivity index (χ4v) is 6.93. The number of nitro groups is 1. The maximum absolute atomic E-state index is 14.5. The van der Waals surface area contributed by atoms with Crippen molar-refractivity contribution in [3.63, 3.8) is 0 Å². The summed E-state index contributed by atoms with van der Waals surface area (Å²) < 4.78 is 34.6. The van der Waals surface area contributed by atoms with Gasteiger partial charge in [-0.05, 0) is 67.4 Å². The zero-order valence-corrected chi connectivity index (χ0v) is 28.8. The lowest BCUT2D eigenvalue weighted by Crippen LogP contribution is -2.53. The zero-order valence-electron chi connectivity index (χ0n) is 26.4. The van der Waals surface area contributed by atoms with Crippen LogP contribution in [0.15, 0.2) is 95.9 Å². The van der Waals surface area contributed by atoms with Crippen LogP contribution < -0.4 is 14.4 Å². The molecule has 4 aromatic carbocycles. The Kier molecular flexibility index (Phi) is 12.0. The largest absolute Gasteiger partial charge is 0.497 e. The summed E-state index contributed by atoms with van der Waals surface area (Å²) in [6, 6.07) is 22.3. The van der Waals surface area contributed by atoms with Crippen LogP contribution >= 0.6 is 23.2 Å². The third-order valence-electron chi connectivity index (χ3n) is 7.58. The van der Waals surface area contributed by atoms with Gasteiger partial charge in [0.15, 0.2) is 0 Å². The van der Waals surface area contributed by atoms with Crippen LogP contribution in [0.25, 0.3) is 0 Å². The molecule has 1 N–H and O–H groups in total. The highest BCUT2D eigenvalue weighted by atomic mass is 35.5. The van der Waals surface area contributed by atoms with Crippen molar-refractivity contribution in [3.05, 3.63) is 128 Å². The molecule has 0 heterocycles. The lowest BCUT2D eigenvalue weighted by Gasteiger charge is -2.34. The topological polar surface area (TPSA) is 139 Å². The van der Waals surface area contributed by atoms with Gasteiger partial charge >= 0.3 is 0 Å². The third kappa shape index (κ3) is 8.62. The first kappa shape index (κ1) is 36.2. The van der Waals surface area contributed by atoms with E-state index < -0.39 is 45.0 Å². The van der Waals surface area contributed by atoms with Gasteiger partial charge in [-0.1, -0.05) is 65.7 Å². The number of methoxy groups -OCH3 is 1. The lowest BCUT2D eigenvalue weighted by molar-refractivity contribution is -0.385. The molecule has 48 heavy (non-hydrogen) atoms. The maximum Gasteiger partial charge on any atom is 0.273 e. The predicted octanol–water partition coefficient (Wildman–Crippen LogP) is 6.19. The number of amides is 2. The molecule has 2 amide bonds. The van der Waals surface area contributed by atoms with E-state index in [1.54, 1.807) is 19.1 Å². The van der Waals surface area contributed by atoms with Crippen LogP contribution in [0.4, 0.5) is 11.4 Å². The van der Waals surface area contributed by atoms with E-state index in [1.807, 2.05) is 30.3 Å². The molecule has 0 radical (unpaired) electrons. The molecule has 0 aromatic heterocycles. The van der Waals surface area contributed by atoms with E-state index in [0.717, 1.165) is 15.9 Å². The van der Waals surface area contributed by atoms with E-state index >= 15 is 0 Å². The number of nitrogens with zero attached hydrogens (tertiary/aromatic N) is 3. The molecule has 0 spiro atoms. The highest BCUT2D eigenvalue weighted by Crippen LogP contribution is 2.30. The number of rotatable bonds is 14. The Balaban J connectivity index is 1.85. The summed E-state index contributed by atoms with van der Waals surface area (Å²) in [6.07, 6.45) is 0.114. The van der Waals surface area contributed by atoms with Gasteiger partial charge < -0.3 is 15.0 Å². The normalized spacial score (nSPS) is 11.8. The van der Waals surface area contributed by atoms with Crippen molar-refractivity contribution in [1.82, 2.24) is 10.2 Å². The second-order valence-corrected chi connectivity index (χ2v) is 13.5. The number of anilines is 1. The van der Waals surface area contributed by atoms with Crippen LogP contribution in [0.2, 0.25) is 10.0 Å².